The number of methoxy groups -OCH3 is 1. The lowest BCUT2D eigenvalue weighted by atomic mass is 9.84. The van der Waals surface area contributed by atoms with Crippen molar-refractivity contribution in [2.24, 2.45) is 5.92 Å². The summed E-state index contributed by atoms with van der Waals surface area (Å²) in [5.74, 6) is 1.71. The number of rotatable bonds is 6. The van der Waals surface area contributed by atoms with Crippen LogP contribution in [0.5, 0.6) is 5.75 Å². The van der Waals surface area contributed by atoms with Crippen LogP contribution in [0.15, 0.2) is 42.5 Å². The van der Waals surface area contributed by atoms with Crippen LogP contribution in [0, 0.1) is 5.92 Å². The Hall–Kier alpha value is -2.82. The van der Waals surface area contributed by atoms with Crippen LogP contribution < -0.4 is 10.1 Å². The lowest BCUT2D eigenvalue weighted by Crippen LogP contribution is -2.38. The highest BCUT2D eigenvalue weighted by Crippen LogP contribution is 2.28. The normalized spacial score (nSPS) is 11.8. The number of ether oxygens (including phenoxy) is 1. The summed E-state index contributed by atoms with van der Waals surface area (Å²) in [6.07, 6.45) is 0. The summed E-state index contributed by atoms with van der Waals surface area (Å²) in [5.41, 5.74) is 3.88. The Balaban J connectivity index is 1.85. The van der Waals surface area contributed by atoms with E-state index in [9.17, 15) is 4.79 Å². The van der Waals surface area contributed by atoms with Crippen molar-refractivity contribution in [2.75, 3.05) is 13.7 Å². The van der Waals surface area contributed by atoms with Gasteiger partial charge in [0.05, 0.1) is 18.1 Å². The summed E-state index contributed by atoms with van der Waals surface area (Å²) in [4.78, 5) is 20.0. The predicted octanol–water partition coefficient (Wildman–Crippen LogP) is 4.29. The number of fused-ring (bicyclic) bond motifs is 1. The molecule has 0 bridgehead atoms. The zero-order chi connectivity index (χ0) is 19.6. The zero-order valence-electron chi connectivity index (χ0n) is 16.6. The van der Waals surface area contributed by atoms with Gasteiger partial charge in [0.15, 0.2) is 0 Å². The minimum atomic E-state index is -0.183. The van der Waals surface area contributed by atoms with Gasteiger partial charge in [-0.25, -0.2) is 4.98 Å². The first-order valence-electron chi connectivity index (χ1n) is 9.22. The third-order valence-corrected chi connectivity index (χ3v) is 4.86. The number of amides is 1. The van der Waals surface area contributed by atoms with Crippen LogP contribution in [0.25, 0.3) is 22.4 Å². The van der Waals surface area contributed by atoms with E-state index < -0.39 is 0 Å². The molecule has 0 aliphatic heterocycles. The molecule has 0 radical (unpaired) electrons. The monoisotopic (exact) mass is 365 g/mol. The van der Waals surface area contributed by atoms with E-state index in [1.807, 2.05) is 38.1 Å². The summed E-state index contributed by atoms with van der Waals surface area (Å²) in [6.45, 7) is 8.65. The van der Waals surface area contributed by atoms with Crippen molar-refractivity contribution in [1.82, 2.24) is 15.3 Å². The number of nitrogens with one attached hydrogen (secondary N) is 2. The number of carbonyl (C=O) groups excluding carboxylic acids is 1. The third-order valence-electron chi connectivity index (χ3n) is 4.86. The number of aromatic amines is 1. The number of aromatic nitrogens is 2. The summed E-state index contributed by atoms with van der Waals surface area (Å²) in [6, 6.07) is 14.1. The molecule has 5 heteroatoms. The molecule has 0 aliphatic rings. The summed E-state index contributed by atoms with van der Waals surface area (Å²) in [5, 5.41) is 3.03. The molecule has 0 fully saturated rings. The van der Waals surface area contributed by atoms with Crippen molar-refractivity contribution in [2.45, 2.75) is 33.1 Å². The number of hydrogen-bond donors (Lipinski definition) is 2. The van der Waals surface area contributed by atoms with Gasteiger partial charge in [-0.15, -0.1) is 0 Å². The molecule has 0 atom stereocenters. The Morgan fingerprint density at radius 2 is 1.89 bits per heavy atom. The van der Waals surface area contributed by atoms with Gasteiger partial charge in [-0.2, -0.15) is 0 Å². The third kappa shape index (κ3) is 4.13. The molecule has 3 rings (SSSR count). The molecule has 0 saturated heterocycles. The fraction of sp³-hybridized carbons (Fsp3) is 0.364. The summed E-state index contributed by atoms with van der Waals surface area (Å²) >= 11 is 0. The summed E-state index contributed by atoms with van der Waals surface area (Å²) < 4.78 is 5.21. The molecule has 27 heavy (non-hydrogen) atoms. The number of hydrogen-bond acceptors (Lipinski definition) is 3. The standard InChI is InChI=1S/C22H27N3O2/c1-14(2)21(26)23-13-22(3,4)16-8-11-18-19(12-16)25-20(24-18)15-6-9-17(27-5)10-7-15/h6-12,14H,13H2,1-5H3,(H,23,26)(H,24,25). The van der Waals surface area contributed by atoms with Crippen LogP contribution in [0.2, 0.25) is 0 Å². The molecule has 0 aliphatic carbocycles. The van der Waals surface area contributed by atoms with E-state index in [1.165, 1.54) is 0 Å². The van der Waals surface area contributed by atoms with Crippen LogP contribution in [0.1, 0.15) is 33.3 Å². The molecule has 1 aromatic heterocycles. The van der Waals surface area contributed by atoms with Crippen LogP contribution >= 0.6 is 0 Å². The van der Waals surface area contributed by atoms with Gasteiger partial charge < -0.3 is 15.0 Å². The van der Waals surface area contributed by atoms with Crippen molar-refractivity contribution < 1.29 is 9.53 Å². The molecule has 0 saturated carbocycles. The number of benzene rings is 2. The second-order valence-electron chi connectivity index (χ2n) is 7.80. The minimum Gasteiger partial charge on any atom is -0.497 e. The molecule has 2 aromatic carbocycles. The second kappa shape index (κ2) is 7.43. The average Bonchev–Trinajstić information content (AvgIpc) is 3.09. The Morgan fingerprint density at radius 3 is 2.52 bits per heavy atom. The molecule has 1 heterocycles. The number of carbonyl (C=O) groups is 1. The maximum Gasteiger partial charge on any atom is 0.222 e. The SMILES string of the molecule is COc1ccc(-c2nc3cc(C(C)(C)CNC(=O)C(C)C)ccc3[nH]2)cc1. The first kappa shape index (κ1) is 19.0. The van der Waals surface area contributed by atoms with Crippen LogP contribution in [-0.4, -0.2) is 29.5 Å². The Bertz CT molecular complexity index is 940. The highest BCUT2D eigenvalue weighted by atomic mass is 16.5. The minimum absolute atomic E-state index is 0.0123. The van der Waals surface area contributed by atoms with Gasteiger partial charge >= 0.3 is 0 Å². The van der Waals surface area contributed by atoms with E-state index in [0.717, 1.165) is 33.7 Å². The highest BCUT2D eigenvalue weighted by Gasteiger charge is 2.23. The largest absolute Gasteiger partial charge is 0.497 e. The van der Waals surface area contributed by atoms with Gasteiger partial charge in [0, 0.05) is 23.4 Å². The molecule has 142 valence electrons. The van der Waals surface area contributed by atoms with E-state index in [2.05, 4.69) is 42.3 Å². The molecule has 0 unspecified atom stereocenters. The maximum atomic E-state index is 11.9. The average molecular weight is 365 g/mol. The Kier molecular flexibility index (Phi) is 5.22. The fourth-order valence-corrected chi connectivity index (χ4v) is 2.93. The molecular weight excluding hydrogens is 338 g/mol. The molecule has 1 amide bonds. The predicted molar refractivity (Wildman–Crippen MR) is 109 cm³/mol. The van der Waals surface area contributed by atoms with E-state index in [4.69, 9.17) is 9.72 Å². The van der Waals surface area contributed by atoms with Gasteiger partial charge in [-0.3, -0.25) is 4.79 Å². The van der Waals surface area contributed by atoms with Gasteiger partial charge in [-0.1, -0.05) is 33.8 Å². The van der Waals surface area contributed by atoms with E-state index >= 15 is 0 Å². The second-order valence-corrected chi connectivity index (χ2v) is 7.80. The molecular formula is C22H27N3O2. The molecule has 3 aromatic rings. The molecule has 2 N–H and O–H groups in total. The number of H-pyrrole nitrogens is 1. The van der Waals surface area contributed by atoms with Gasteiger partial charge in [0.25, 0.3) is 0 Å². The molecule has 0 spiro atoms. The fourth-order valence-electron chi connectivity index (χ4n) is 2.93. The van der Waals surface area contributed by atoms with Crippen LogP contribution in [-0.2, 0) is 10.2 Å². The van der Waals surface area contributed by atoms with E-state index in [1.54, 1.807) is 7.11 Å². The summed E-state index contributed by atoms with van der Waals surface area (Å²) in [7, 11) is 1.66. The lowest BCUT2D eigenvalue weighted by molar-refractivity contribution is -0.124. The topological polar surface area (TPSA) is 67.0 Å². The first-order valence-corrected chi connectivity index (χ1v) is 9.22. The number of nitrogens with zero attached hydrogens (tertiary/aromatic N) is 1. The van der Waals surface area contributed by atoms with Crippen LogP contribution in [0.4, 0.5) is 0 Å². The van der Waals surface area contributed by atoms with Gasteiger partial charge in [0.1, 0.15) is 11.6 Å². The van der Waals surface area contributed by atoms with Gasteiger partial charge in [-0.05, 0) is 42.0 Å². The van der Waals surface area contributed by atoms with Crippen LogP contribution in [0.3, 0.4) is 0 Å². The van der Waals surface area contributed by atoms with E-state index in [-0.39, 0.29) is 17.2 Å². The lowest BCUT2D eigenvalue weighted by Gasteiger charge is -2.26. The maximum absolute atomic E-state index is 11.9. The van der Waals surface area contributed by atoms with Crippen molar-refractivity contribution in [1.29, 1.82) is 0 Å². The van der Waals surface area contributed by atoms with Crippen molar-refractivity contribution >= 4 is 16.9 Å². The van der Waals surface area contributed by atoms with Crippen molar-refractivity contribution in [3.05, 3.63) is 48.0 Å². The zero-order valence-corrected chi connectivity index (χ0v) is 16.6. The van der Waals surface area contributed by atoms with Crippen molar-refractivity contribution in [3.63, 3.8) is 0 Å². The van der Waals surface area contributed by atoms with E-state index in [0.29, 0.717) is 6.54 Å². The quantitative estimate of drug-likeness (QED) is 0.685. The molecule has 5 nitrogen and oxygen atoms in total. The highest BCUT2D eigenvalue weighted by molar-refractivity contribution is 5.80. The van der Waals surface area contributed by atoms with Crippen molar-refractivity contribution in [3.8, 4) is 17.1 Å². The number of imidazole rings is 1. The Labute approximate surface area is 160 Å². The van der Waals surface area contributed by atoms with Gasteiger partial charge in [0.2, 0.25) is 5.91 Å². The smallest absolute Gasteiger partial charge is 0.222 e. The first-order chi connectivity index (χ1) is 12.8. The Morgan fingerprint density at radius 1 is 1.19 bits per heavy atom.